The topological polar surface area (TPSA) is 87.4 Å². The first-order valence-electron chi connectivity index (χ1n) is 11.1. The van der Waals surface area contributed by atoms with Gasteiger partial charge in [0.05, 0.1) is 11.7 Å². The van der Waals surface area contributed by atoms with Gasteiger partial charge in [-0.05, 0) is 50.6 Å². The van der Waals surface area contributed by atoms with Crippen LogP contribution in [0.15, 0.2) is 47.4 Å². The second kappa shape index (κ2) is 8.22. The summed E-state index contributed by atoms with van der Waals surface area (Å²) in [5.41, 5.74) is 1.46. The van der Waals surface area contributed by atoms with Crippen molar-refractivity contribution in [2.75, 3.05) is 19.0 Å². The maximum Gasteiger partial charge on any atom is 0.253 e. The molecule has 2 unspecified atom stereocenters. The first kappa shape index (κ1) is 21.5. The zero-order valence-electron chi connectivity index (χ0n) is 18.9. The number of benzene rings is 1. The van der Waals surface area contributed by atoms with Crippen LogP contribution in [0.4, 0.5) is 10.2 Å². The van der Waals surface area contributed by atoms with E-state index in [1.165, 1.54) is 16.8 Å². The first-order valence-corrected chi connectivity index (χ1v) is 11.1. The third kappa shape index (κ3) is 3.66. The SMILES string of the molecule is CN1C2CCC1[C@@H](F)[C@H](N(C)c1ccc(-c3ccc(-c4nccc(=O)n4C)cc3O)nn1)C2. The monoisotopic (exact) mass is 450 g/mol. The fraction of sp³-hybridized carbons (Fsp3) is 0.417. The van der Waals surface area contributed by atoms with Crippen molar-refractivity contribution >= 4 is 5.82 Å². The number of fused-ring (bicyclic) bond motifs is 2. The standard InChI is InChI=1S/C24H27FN6O2/c1-29-15-5-8-18(29)23(25)19(13-15)30(2)21-9-7-17(27-28-21)16-6-4-14(12-20(16)32)24-26-11-10-22(33)31(24)3/h4,6-7,9-12,15,18-19,23,32H,5,8,13H2,1-3H3/t15?,18?,19-,23-/m1/s1. The predicted octanol–water partition coefficient (Wildman–Crippen LogP) is 2.62. The Kier molecular flexibility index (Phi) is 5.36. The number of nitrogens with zero attached hydrogens (tertiary/aromatic N) is 6. The van der Waals surface area contributed by atoms with Crippen molar-refractivity contribution in [3.63, 3.8) is 0 Å². The summed E-state index contributed by atoms with van der Waals surface area (Å²) in [7, 11) is 5.52. The van der Waals surface area contributed by atoms with E-state index in [-0.39, 0.29) is 23.4 Å². The van der Waals surface area contributed by atoms with Gasteiger partial charge in [0.2, 0.25) is 0 Å². The van der Waals surface area contributed by atoms with Crippen molar-refractivity contribution in [2.45, 2.75) is 43.6 Å². The summed E-state index contributed by atoms with van der Waals surface area (Å²) in [4.78, 5) is 20.2. The number of alkyl halides is 1. The van der Waals surface area contributed by atoms with Crippen LogP contribution in [0, 0.1) is 0 Å². The van der Waals surface area contributed by atoms with Crippen LogP contribution >= 0.6 is 0 Å². The molecule has 2 aromatic heterocycles. The summed E-state index contributed by atoms with van der Waals surface area (Å²) in [6, 6.07) is 10.2. The number of aromatic nitrogens is 4. The molecule has 1 N–H and O–H groups in total. The molecule has 0 radical (unpaired) electrons. The molecule has 1 aromatic carbocycles. The van der Waals surface area contributed by atoms with E-state index in [0.717, 1.165) is 19.3 Å². The van der Waals surface area contributed by atoms with Gasteiger partial charge >= 0.3 is 0 Å². The molecular formula is C24H27FN6O2. The van der Waals surface area contributed by atoms with E-state index in [0.29, 0.717) is 34.5 Å². The highest BCUT2D eigenvalue weighted by Crippen LogP contribution is 2.39. The Morgan fingerprint density at radius 2 is 1.94 bits per heavy atom. The zero-order chi connectivity index (χ0) is 23.3. The average molecular weight is 451 g/mol. The van der Waals surface area contributed by atoms with Gasteiger partial charge < -0.3 is 10.0 Å². The highest BCUT2D eigenvalue weighted by atomic mass is 19.1. The Bertz CT molecular complexity index is 1230. The van der Waals surface area contributed by atoms with Gasteiger partial charge in [-0.1, -0.05) is 6.07 Å². The number of halogens is 1. The normalized spacial score (nSPS) is 24.7. The second-order valence-corrected chi connectivity index (χ2v) is 9.00. The van der Waals surface area contributed by atoms with Gasteiger partial charge in [-0.15, -0.1) is 10.2 Å². The number of aromatic hydroxyl groups is 1. The lowest BCUT2D eigenvalue weighted by molar-refractivity contribution is 0.0701. The lowest BCUT2D eigenvalue weighted by Crippen LogP contribution is -2.56. The predicted molar refractivity (Wildman–Crippen MR) is 124 cm³/mol. The Balaban J connectivity index is 1.37. The van der Waals surface area contributed by atoms with Crippen LogP contribution < -0.4 is 10.5 Å². The molecule has 172 valence electrons. The Morgan fingerprint density at radius 1 is 1.12 bits per heavy atom. The Labute approximate surface area is 191 Å². The van der Waals surface area contributed by atoms with E-state index in [2.05, 4.69) is 20.1 Å². The molecule has 0 amide bonds. The molecule has 5 rings (SSSR count). The number of piperidine rings is 1. The summed E-state index contributed by atoms with van der Waals surface area (Å²) < 4.78 is 16.6. The van der Waals surface area contributed by atoms with E-state index in [1.807, 2.05) is 25.1 Å². The van der Waals surface area contributed by atoms with E-state index in [1.54, 1.807) is 31.3 Å². The number of rotatable bonds is 4. The summed E-state index contributed by atoms with van der Waals surface area (Å²) in [5.74, 6) is 1.08. The van der Waals surface area contributed by atoms with Gasteiger partial charge in [0, 0.05) is 49.6 Å². The number of phenols is 1. The van der Waals surface area contributed by atoms with Crippen LogP contribution in [0.3, 0.4) is 0 Å². The quantitative estimate of drug-likeness (QED) is 0.654. The molecule has 2 bridgehead atoms. The molecule has 3 aromatic rings. The van der Waals surface area contributed by atoms with Crippen molar-refractivity contribution in [3.05, 3.63) is 52.9 Å². The van der Waals surface area contributed by atoms with Crippen LogP contribution in [-0.4, -0.2) is 68.1 Å². The maximum absolute atomic E-state index is 15.2. The highest BCUT2D eigenvalue weighted by Gasteiger charge is 2.47. The van der Waals surface area contributed by atoms with Crippen LogP contribution in [-0.2, 0) is 7.05 Å². The molecule has 4 heterocycles. The number of anilines is 1. The van der Waals surface area contributed by atoms with E-state index < -0.39 is 6.17 Å². The maximum atomic E-state index is 15.2. The fourth-order valence-corrected chi connectivity index (χ4v) is 5.20. The molecule has 0 spiro atoms. The summed E-state index contributed by atoms with van der Waals surface area (Å²) >= 11 is 0. The molecule has 2 saturated heterocycles. The first-order chi connectivity index (χ1) is 15.8. The number of hydrogen-bond acceptors (Lipinski definition) is 7. The van der Waals surface area contributed by atoms with Gasteiger partial charge in [-0.3, -0.25) is 14.3 Å². The van der Waals surface area contributed by atoms with Crippen LogP contribution in [0.2, 0.25) is 0 Å². The molecule has 2 fully saturated rings. The molecular weight excluding hydrogens is 423 g/mol. The highest BCUT2D eigenvalue weighted by molar-refractivity contribution is 5.72. The summed E-state index contributed by atoms with van der Waals surface area (Å²) in [5, 5.41) is 19.3. The molecule has 8 nitrogen and oxygen atoms in total. The molecule has 9 heteroatoms. The van der Waals surface area contributed by atoms with Crippen molar-refractivity contribution in [3.8, 4) is 28.4 Å². The Morgan fingerprint density at radius 3 is 2.67 bits per heavy atom. The second-order valence-electron chi connectivity index (χ2n) is 9.00. The van der Waals surface area contributed by atoms with Gasteiger partial charge in [0.15, 0.2) is 5.82 Å². The van der Waals surface area contributed by atoms with Gasteiger partial charge in [-0.25, -0.2) is 9.37 Å². The Hall–Kier alpha value is -3.33. The minimum atomic E-state index is -0.931. The minimum absolute atomic E-state index is 0.0109. The van der Waals surface area contributed by atoms with Crippen molar-refractivity contribution in [2.24, 2.45) is 7.05 Å². The summed E-state index contributed by atoms with van der Waals surface area (Å²) in [6.45, 7) is 0. The third-order valence-corrected chi connectivity index (χ3v) is 7.25. The van der Waals surface area contributed by atoms with Gasteiger partial charge in [0.1, 0.15) is 17.7 Å². The molecule has 2 aliphatic rings. The van der Waals surface area contributed by atoms with Crippen LogP contribution in [0.1, 0.15) is 19.3 Å². The van der Waals surface area contributed by atoms with Crippen LogP contribution in [0.25, 0.3) is 22.6 Å². The molecule has 33 heavy (non-hydrogen) atoms. The fourth-order valence-electron chi connectivity index (χ4n) is 5.20. The molecule has 4 atom stereocenters. The van der Waals surface area contributed by atoms with Gasteiger partial charge in [-0.2, -0.15) is 0 Å². The van der Waals surface area contributed by atoms with Crippen LogP contribution in [0.5, 0.6) is 5.75 Å². The minimum Gasteiger partial charge on any atom is -0.507 e. The van der Waals surface area contributed by atoms with Crippen molar-refractivity contribution in [1.82, 2.24) is 24.6 Å². The zero-order valence-corrected chi connectivity index (χ0v) is 18.9. The van der Waals surface area contributed by atoms with E-state index in [9.17, 15) is 9.90 Å². The molecule has 0 aliphatic carbocycles. The smallest absolute Gasteiger partial charge is 0.253 e. The lowest BCUT2D eigenvalue weighted by atomic mass is 9.95. The van der Waals surface area contributed by atoms with E-state index in [4.69, 9.17) is 0 Å². The third-order valence-electron chi connectivity index (χ3n) is 7.25. The molecule has 0 saturated carbocycles. The molecule has 2 aliphatic heterocycles. The summed E-state index contributed by atoms with van der Waals surface area (Å²) in [6.07, 6.45) is 3.23. The number of phenolic OH excluding ortho intramolecular Hbond substituents is 1. The van der Waals surface area contributed by atoms with Crippen molar-refractivity contribution < 1.29 is 9.50 Å². The number of hydrogen-bond donors (Lipinski definition) is 1. The van der Waals surface area contributed by atoms with E-state index >= 15 is 4.39 Å². The largest absolute Gasteiger partial charge is 0.507 e. The van der Waals surface area contributed by atoms with Gasteiger partial charge in [0.25, 0.3) is 5.56 Å². The lowest BCUT2D eigenvalue weighted by Gasteiger charge is -2.43. The average Bonchev–Trinajstić information content (AvgIpc) is 3.08. The van der Waals surface area contributed by atoms with Crippen molar-refractivity contribution in [1.29, 1.82) is 0 Å².